The van der Waals surface area contributed by atoms with E-state index in [0.29, 0.717) is 4.47 Å². The molecule has 0 aliphatic heterocycles. The molecule has 1 aromatic rings. The molecule has 1 rings (SSSR count). The zero-order valence-electron chi connectivity index (χ0n) is 7.15. The fourth-order valence-corrected chi connectivity index (χ4v) is 2.25. The summed E-state index contributed by atoms with van der Waals surface area (Å²) in [6.07, 6.45) is -2.70. The Balaban J connectivity index is 3.44. The number of Topliss-reactive ketones (excluding diaryl/α,β-unsaturated/α-hetero) is 1. The van der Waals surface area contributed by atoms with Crippen LogP contribution in [-0.2, 0) is 0 Å². The summed E-state index contributed by atoms with van der Waals surface area (Å²) < 4.78 is 25.3. The minimum Gasteiger partial charge on any atom is -0.294 e. The predicted molar refractivity (Wildman–Crippen MR) is 54.1 cm³/mol. The van der Waals surface area contributed by atoms with E-state index in [1.165, 1.54) is 13.0 Å². The van der Waals surface area contributed by atoms with Crippen molar-refractivity contribution >= 4 is 33.3 Å². The molecule has 0 fully saturated rings. The van der Waals surface area contributed by atoms with E-state index < -0.39 is 12.2 Å². The standard InChI is InChI=1S/C9H6BrClF2O/c1-4(14)8-6(9(12)13)2-5(11)3-7(8)10/h2-3,9H,1H3. The van der Waals surface area contributed by atoms with Gasteiger partial charge in [-0.15, -0.1) is 0 Å². The quantitative estimate of drug-likeness (QED) is 0.742. The summed E-state index contributed by atoms with van der Waals surface area (Å²) in [6.45, 7) is 1.24. The van der Waals surface area contributed by atoms with Crippen LogP contribution in [0.15, 0.2) is 16.6 Å². The molecule has 76 valence electrons. The lowest BCUT2D eigenvalue weighted by molar-refractivity contribution is 0.0998. The molecule has 0 N–H and O–H groups in total. The summed E-state index contributed by atoms with van der Waals surface area (Å²) >= 11 is 8.62. The molecule has 0 radical (unpaired) electrons. The van der Waals surface area contributed by atoms with Crippen LogP contribution in [0.25, 0.3) is 0 Å². The van der Waals surface area contributed by atoms with Crippen LogP contribution in [0.1, 0.15) is 29.3 Å². The van der Waals surface area contributed by atoms with Gasteiger partial charge in [0, 0.05) is 20.6 Å². The number of alkyl halides is 2. The molecule has 0 amide bonds. The van der Waals surface area contributed by atoms with E-state index in [-0.39, 0.29) is 16.1 Å². The number of halogens is 4. The second-order valence-electron chi connectivity index (χ2n) is 2.71. The average Bonchev–Trinajstić information content (AvgIpc) is 2.01. The smallest absolute Gasteiger partial charge is 0.264 e. The van der Waals surface area contributed by atoms with Crippen LogP contribution in [0.2, 0.25) is 5.02 Å². The lowest BCUT2D eigenvalue weighted by Gasteiger charge is -2.08. The van der Waals surface area contributed by atoms with E-state index in [0.717, 1.165) is 6.07 Å². The van der Waals surface area contributed by atoms with Crippen LogP contribution in [0, 0.1) is 0 Å². The molecular weight excluding hydrogens is 277 g/mol. The van der Waals surface area contributed by atoms with Gasteiger partial charge in [-0.05, 0) is 35.0 Å². The molecule has 0 spiro atoms. The zero-order chi connectivity index (χ0) is 10.9. The number of carbonyl (C=O) groups is 1. The van der Waals surface area contributed by atoms with Gasteiger partial charge in [0.15, 0.2) is 5.78 Å². The number of benzene rings is 1. The van der Waals surface area contributed by atoms with Crippen molar-refractivity contribution in [3.63, 3.8) is 0 Å². The van der Waals surface area contributed by atoms with E-state index in [4.69, 9.17) is 11.6 Å². The predicted octanol–water partition coefficient (Wildman–Crippen LogP) is 4.24. The molecule has 14 heavy (non-hydrogen) atoms. The molecule has 0 atom stereocenters. The first-order chi connectivity index (χ1) is 6.43. The highest BCUT2D eigenvalue weighted by Gasteiger charge is 2.19. The highest BCUT2D eigenvalue weighted by molar-refractivity contribution is 9.10. The fraction of sp³-hybridized carbons (Fsp3) is 0.222. The number of rotatable bonds is 2. The third-order valence-corrected chi connectivity index (χ3v) is 2.52. The van der Waals surface area contributed by atoms with Gasteiger partial charge in [0.05, 0.1) is 0 Å². The van der Waals surface area contributed by atoms with E-state index in [1.807, 2.05) is 0 Å². The first-order valence-corrected chi connectivity index (χ1v) is 4.88. The van der Waals surface area contributed by atoms with Crippen LogP contribution < -0.4 is 0 Å². The lowest BCUT2D eigenvalue weighted by atomic mass is 10.1. The van der Waals surface area contributed by atoms with Crippen molar-refractivity contribution in [2.24, 2.45) is 0 Å². The highest BCUT2D eigenvalue weighted by atomic mass is 79.9. The fourth-order valence-electron chi connectivity index (χ4n) is 1.14. The average molecular weight is 283 g/mol. The minimum absolute atomic E-state index is 0.00981. The van der Waals surface area contributed by atoms with E-state index in [9.17, 15) is 13.6 Å². The van der Waals surface area contributed by atoms with Gasteiger partial charge in [-0.25, -0.2) is 8.78 Å². The molecule has 0 aromatic heterocycles. The van der Waals surface area contributed by atoms with Gasteiger partial charge in [-0.2, -0.15) is 0 Å². The lowest BCUT2D eigenvalue weighted by Crippen LogP contribution is -2.01. The Labute approximate surface area is 93.2 Å². The second kappa shape index (κ2) is 4.36. The van der Waals surface area contributed by atoms with Gasteiger partial charge >= 0.3 is 0 Å². The number of ketones is 1. The van der Waals surface area contributed by atoms with E-state index >= 15 is 0 Å². The van der Waals surface area contributed by atoms with Gasteiger partial charge in [0.2, 0.25) is 0 Å². The summed E-state index contributed by atoms with van der Waals surface area (Å²) in [4.78, 5) is 11.1. The molecule has 0 bridgehead atoms. The summed E-state index contributed by atoms with van der Waals surface area (Å²) in [5.74, 6) is -0.413. The topological polar surface area (TPSA) is 17.1 Å². The summed E-state index contributed by atoms with van der Waals surface area (Å²) in [6, 6.07) is 2.53. The third-order valence-electron chi connectivity index (χ3n) is 1.67. The molecule has 0 saturated carbocycles. The Morgan fingerprint density at radius 2 is 2.07 bits per heavy atom. The SMILES string of the molecule is CC(=O)c1c(Br)cc(Cl)cc1C(F)F. The van der Waals surface area contributed by atoms with Crippen molar-refractivity contribution in [2.45, 2.75) is 13.3 Å². The van der Waals surface area contributed by atoms with Crippen molar-refractivity contribution in [2.75, 3.05) is 0 Å². The van der Waals surface area contributed by atoms with Gasteiger partial charge in [0.1, 0.15) is 0 Å². The van der Waals surface area contributed by atoms with Crippen molar-refractivity contribution in [3.05, 3.63) is 32.8 Å². The molecular formula is C9H6BrClF2O. The first-order valence-electron chi connectivity index (χ1n) is 3.71. The second-order valence-corrected chi connectivity index (χ2v) is 4.00. The molecule has 0 unspecified atom stereocenters. The molecule has 1 aromatic carbocycles. The van der Waals surface area contributed by atoms with Crippen molar-refractivity contribution in [1.29, 1.82) is 0 Å². The Hall–Kier alpha value is -0.480. The maximum absolute atomic E-state index is 12.5. The Kier molecular flexibility index (Phi) is 3.61. The monoisotopic (exact) mass is 282 g/mol. The maximum atomic E-state index is 12.5. The number of hydrogen-bond donors (Lipinski definition) is 0. The Morgan fingerprint density at radius 1 is 1.50 bits per heavy atom. The van der Waals surface area contributed by atoms with Crippen molar-refractivity contribution in [1.82, 2.24) is 0 Å². The minimum atomic E-state index is -2.70. The largest absolute Gasteiger partial charge is 0.294 e. The first kappa shape index (κ1) is 11.6. The van der Waals surface area contributed by atoms with Gasteiger partial charge in [-0.1, -0.05) is 11.6 Å². The van der Waals surface area contributed by atoms with Crippen LogP contribution in [0.4, 0.5) is 8.78 Å². The molecule has 0 saturated heterocycles. The molecule has 5 heteroatoms. The van der Waals surface area contributed by atoms with E-state index in [2.05, 4.69) is 15.9 Å². The normalized spacial score (nSPS) is 10.7. The maximum Gasteiger partial charge on any atom is 0.264 e. The Morgan fingerprint density at radius 3 is 2.50 bits per heavy atom. The highest BCUT2D eigenvalue weighted by Crippen LogP contribution is 2.32. The molecule has 0 aliphatic carbocycles. The van der Waals surface area contributed by atoms with Crippen LogP contribution in [-0.4, -0.2) is 5.78 Å². The van der Waals surface area contributed by atoms with Gasteiger partial charge in [-0.3, -0.25) is 4.79 Å². The van der Waals surface area contributed by atoms with Crippen molar-refractivity contribution in [3.8, 4) is 0 Å². The molecule has 1 nitrogen and oxygen atoms in total. The molecule has 0 heterocycles. The summed E-state index contributed by atoms with van der Waals surface area (Å²) in [7, 11) is 0. The van der Waals surface area contributed by atoms with Gasteiger partial charge in [0.25, 0.3) is 6.43 Å². The zero-order valence-corrected chi connectivity index (χ0v) is 9.49. The Bertz CT molecular complexity index is 379. The van der Waals surface area contributed by atoms with Crippen LogP contribution in [0.5, 0.6) is 0 Å². The number of carbonyl (C=O) groups excluding carboxylic acids is 1. The third kappa shape index (κ3) is 2.30. The van der Waals surface area contributed by atoms with E-state index in [1.54, 1.807) is 0 Å². The van der Waals surface area contributed by atoms with Crippen LogP contribution in [0.3, 0.4) is 0 Å². The van der Waals surface area contributed by atoms with Gasteiger partial charge < -0.3 is 0 Å². The van der Waals surface area contributed by atoms with Crippen molar-refractivity contribution < 1.29 is 13.6 Å². The summed E-state index contributed by atoms with van der Waals surface area (Å²) in [5.41, 5.74) is -0.346. The number of hydrogen-bond acceptors (Lipinski definition) is 1. The molecule has 0 aliphatic rings. The van der Waals surface area contributed by atoms with Crippen LogP contribution >= 0.6 is 27.5 Å². The summed E-state index contributed by atoms with van der Waals surface area (Å²) in [5, 5.41) is 0.178.